The summed E-state index contributed by atoms with van der Waals surface area (Å²) >= 11 is 13.2. The first-order valence-electron chi connectivity index (χ1n) is 12.3. The lowest BCUT2D eigenvalue weighted by molar-refractivity contribution is 0.480. The molecule has 0 bridgehead atoms. The van der Waals surface area contributed by atoms with Crippen molar-refractivity contribution in [2.24, 2.45) is 0 Å². The molecule has 8 nitrogen and oxygen atoms in total. The molecule has 2 N–H and O–H groups in total. The summed E-state index contributed by atoms with van der Waals surface area (Å²) in [6.07, 6.45) is 6.13. The second kappa shape index (κ2) is 10.1. The highest BCUT2D eigenvalue weighted by atomic mass is 35.5. The van der Waals surface area contributed by atoms with Gasteiger partial charge in [0.2, 0.25) is 5.95 Å². The molecule has 0 unspecified atom stereocenters. The smallest absolute Gasteiger partial charge is 0.249 e. The van der Waals surface area contributed by atoms with Crippen LogP contribution >= 0.6 is 23.2 Å². The number of fused-ring (bicyclic) bond motifs is 1. The molecule has 1 atom stereocenters. The SMILES string of the molecule is [2H][C@](Nc1cc(Cl)c2ncc(C#N)c(Nc3cnc(F)c(F)c3)c2c1)(c1cn(C2CC2)nn1)c1ccccc1Cl. The summed E-state index contributed by atoms with van der Waals surface area (Å²) in [6, 6.07) is 11.7. The topological polar surface area (TPSA) is 104 Å². The molecule has 0 radical (unpaired) electrons. The van der Waals surface area contributed by atoms with Gasteiger partial charge < -0.3 is 10.6 Å². The maximum Gasteiger partial charge on any atom is 0.249 e. The maximum atomic E-state index is 13.9. The van der Waals surface area contributed by atoms with Crippen molar-refractivity contribution >= 4 is 51.2 Å². The van der Waals surface area contributed by atoms with E-state index in [1.807, 2.05) is 6.07 Å². The fourth-order valence-electron chi connectivity index (χ4n) is 4.17. The Morgan fingerprint density at radius 2 is 1.90 bits per heavy atom. The number of halogens is 4. The normalized spacial score (nSPS) is 14.9. The van der Waals surface area contributed by atoms with Crippen LogP contribution in [0.15, 0.2) is 61.1 Å². The Hall–Kier alpha value is -4.33. The molecule has 0 aliphatic heterocycles. The number of nitrogens with zero attached hydrogens (tertiary/aromatic N) is 6. The van der Waals surface area contributed by atoms with Gasteiger partial charge in [-0.15, -0.1) is 5.10 Å². The van der Waals surface area contributed by atoms with E-state index in [9.17, 15) is 15.4 Å². The first-order valence-corrected chi connectivity index (χ1v) is 12.6. The Morgan fingerprint density at radius 1 is 1.08 bits per heavy atom. The molecule has 0 saturated heterocycles. The van der Waals surface area contributed by atoms with Gasteiger partial charge in [-0.2, -0.15) is 9.65 Å². The zero-order valence-corrected chi connectivity index (χ0v) is 21.5. The van der Waals surface area contributed by atoms with Crippen LogP contribution in [-0.4, -0.2) is 25.0 Å². The molecule has 1 aliphatic carbocycles. The summed E-state index contributed by atoms with van der Waals surface area (Å²) in [6.45, 7) is 0. The number of benzene rings is 2. The number of pyridine rings is 2. The van der Waals surface area contributed by atoms with Gasteiger partial charge in [0.25, 0.3) is 0 Å². The average Bonchev–Trinajstić information content (AvgIpc) is 3.66. The average molecular weight is 564 g/mol. The monoisotopic (exact) mass is 563 g/mol. The van der Waals surface area contributed by atoms with Crippen LogP contribution in [0.2, 0.25) is 10.0 Å². The van der Waals surface area contributed by atoms with Gasteiger partial charge in [-0.25, -0.2) is 14.1 Å². The van der Waals surface area contributed by atoms with Crippen LogP contribution in [0.3, 0.4) is 0 Å². The number of rotatable bonds is 7. The quantitative estimate of drug-likeness (QED) is 0.206. The number of aromatic nitrogens is 5. The standard InChI is InChI=1S/C27H18Cl2F2N8/c28-20-4-2-1-3-18(20)26(23-13-39(38-37-23)17-5-6-17)35-15-7-19-24(36-16-9-22(30)27(31)34-12-16)14(10-32)11-33-25(19)21(29)8-15/h1-4,7-9,11-13,17,26,35H,5-6H2,(H,33,36)/t26-/m1/s1/i26D. The van der Waals surface area contributed by atoms with Crippen LogP contribution in [0.25, 0.3) is 10.9 Å². The molecule has 0 amide bonds. The van der Waals surface area contributed by atoms with Gasteiger partial charge in [-0.1, -0.05) is 46.6 Å². The first-order chi connectivity index (χ1) is 19.3. The predicted molar refractivity (Wildman–Crippen MR) is 144 cm³/mol. The molecular formula is C27H18Cl2F2N8. The Balaban J connectivity index is 1.49. The predicted octanol–water partition coefficient (Wildman–Crippen LogP) is 6.96. The van der Waals surface area contributed by atoms with Crippen LogP contribution in [-0.2, 0) is 0 Å². The number of hydrogen-bond donors (Lipinski definition) is 2. The second-order valence-corrected chi connectivity index (χ2v) is 9.74. The lowest BCUT2D eigenvalue weighted by atomic mass is 10.0. The number of hydrogen-bond acceptors (Lipinski definition) is 7. The Kier molecular flexibility index (Phi) is 6.15. The zero-order valence-electron chi connectivity index (χ0n) is 21.0. The van der Waals surface area contributed by atoms with E-state index in [1.54, 1.807) is 47.3 Å². The minimum Gasteiger partial charge on any atom is -0.373 e. The molecule has 1 fully saturated rings. The summed E-state index contributed by atoms with van der Waals surface area (Å²) in [5.41, 5.74) is 1.97. The Bertz CT molecular complexity index is 1820. The van der Waals surface area contributed by atoms with E-state index in [-0.39, 0.29) is 28.0 Å². The number of anilines is 3. The van der Waals surface area contributed by atoms with E-state index in [0.717, 1.165) is 25.1 Å². The van der Waals surface area contributed by atoms with Crippen LogP contribution in [0, 0.1) is 23.1 Å². The van der Waals surface area contributed by atoms with Crippen LogP contribution < -0.4 is 10.6 Å². The molecule has 39 heavy (non-hydrogen) atoms. The summed E-state index contributed by atoms with van der Waals surface area (Å²) in [5, 5.41) is 25.4. The highest BCUT2D eigenvalue weighted by Gasteiger charge is 2.28. The highest BCUT2D eigenvalue weighted by molar-refractivity contribution is 6.36. The van der Waals surface area contributed by atoms with Gasteiger partial charge in [0.15, 0.2) is 5.82 Å². The molecular weight excluding hydrogens is 545 g/mol. The molecule has 2 aromatic carbocycles. The molecule has 0 spiro atoms. The van der Waals surface area contributed by atoms with E-state index in [0.29, 0.717) is 32.9 Å². The van der Waals surface area contributed by atoms with Crippen molar-refractivity contribution in [3.05, 3.63) is 99.7 Å². The molecule has 1 saturated carbocycles. The number of nitrogens with one attached hydrogen (secondary N) is 2. The highest BCUT2D eigenvalue weighted by Crippen LogP contribution is 2.39. The Labute approximate surface area is 232 Å². The molecule has 3 aromatic heterocycles. The third-order valence-electron chi connectivity index (χ3n) is 6.21. The van der Waals surface area contributed by atoms with Crippen molar-refractivity contribution in [2.45, 2.75) is 24.9 Å². The molecule has 194 valence electrons. The van der Waals surface area contributed by atoms with Crippen LogP contribution in [0.5, 0.6) is 0 Å². The van der Waals surface area contributed by atoms with Crippen LogP contribution in [0.4, 0.5) is 25.8 Å². The third kappa shape index (κ3) is 4.94. The second-order valence-electron chi connectivity index (χ2n) is 8.93. The first kappa shape index (κ1) is 23.8. The number of nitriles is 1. The lowest BCUT2D eigenvalue weighted by Gasteiger charge is -2.21. The van der Waals surface area contributed by atoms with Crippen molar-refractivity contribution < 1.29 is 10.2 Å². The van der Waals surface area contributed by atoms with E-state index in [2.05, 4.69) is 30.9 Å². The molecule has 1 aliphatic rings. The van der Waals surface area contributed by atoms with Crippen LogP contribution in [0.1, 0.15) is 43.1 Å². The van der Waals surface area contributed by atoms with Gasteiger partial charge >= 0.3 is 0 Å². The minimum atomic E-state index is -1.68. The summed E-state index contributed by atoms with van der Waals surface area (Å²) in [7, 11) is 0. The third-order valence-corrected chi connectivity index (χ3v) is 6.83. The molecule has 12 heteroatoms. The van der Waals surface area contributed by atoms with E-state index in [4.69, 9.17) is 23.2 Å². The van der Waals surface area contributed by atoms with Crippen molar-refractivity contribution in [2.75, 3.05) is 10.6 Å². The molecule has 6 rings (SSSR count). The molecule has 5 aromatic rings. The maximum absolute atomic E-state index is 13.9. The summed E-state index contributed by atoms with van der Waals surface area (Å²) in [5.74, 6) is -2.40. The molecule has 3 heterocycles. The summed E-state index contributed by atoms with van der Waals surface area (Å²) in [4.78, 5) is 7.71. The van der Waals surface area contributed by atoms with E-state index in [1.165, 1.54) is 6.20 Å². The minimum absolute atomic E-state index is 0.111. The Morgan fingerprint density at radius 3 is 2.64 bits per heavy atom. The van der Waals surface area contributed by atoms with E-state index < -0.39 is 17.8 Å². The largest absolute Gasteiger partial charge is 0.373 e. The van der Waals surface area contributed by atoms with Gasteiger partial charge in [0, 0.05) is 28.4 Å². The van der Waals surface area contributed by atoms with Crippen molar-refractivity contribution in [3.8, 4) is 6.07 Å². The fraction of sp³-hybridized carbons (Fsp3) is 0.148. The zero-order chi connectivity index (χ0) is 28.0. The van der Waals surface area contributed by atoms with Crippen molar-refractivity contribution in [3.63, 3.8) is 0 Å². The van der Waals surface area contributed by atoms with Crippen molar-refractivity contribution in [1.82, 2.24) is 25.0 Å². The lowest BCUT2D eigenvalue weighted by Crippen LogP contribution is -2.14. The van der Waals surface area contributed by atoms with Gasteiger partial charge in [0.1, 0.15) is 11.8 Å². The fourth-order valence-corrected chi connectivity index (χ4v) is 4.67. The van der Waals surface area contributed by atoms with Crippen molar-refractivity contribution in [1.29, 1.82) is 5.26 Å². The van der Waals surface area contributed by atoms with E-state index >= 15 is 0 Å². The van der Waals surface area contributed by atoms with Gasteiger partial charge in [-0.05, 0) is 36.6 Å². The van der Waals surface area contributed by atoms with Gasteiger partial charge in [-0.3, -0.25) is 4.98 Å². The summed E-state index contributed by atoms with van der Waals surface area (Å²) < 4.78 is 38.6. The van der Waals surface area contributed by atoms with Gasteiger partial charge in [0.05, 0.1) is 53.3 Å².